The third kappa shape index (κ3) is 5.40. The second kappa shape index (κ2) is 10.7. The Hall–Kier alpha value is -4.40. The molecule has 4 rings (SSSR count). The number of cyclic esters (lactones) is 1. The lowest BCUT2D eigenvalue weighted by molar-refractivity contribution is 0.0712. The number of hydrogen-bond acceptors (Lipinski definition) is 7. The molecule has 3 aromatic rings. The normalized spacial score (nSPS) is 15.2. The third-order valence-corrected chi connectivity index (χ3v) is 5.48. The minimum Gasteiger partial charge on any atom is -0.493 e. The van der Waals surface area contributed by atoms with Crippen LogP contribution in [0, 0.1) is 0 Å². The highest BCUT2D eigenvalue weighted by atomic mass is 16.6. The number of methoxy groups -OCH3 is 2. The fourth-order valence-electron chi connectivity index (χ4n) is 3.65. The zero-order valence-electron chi connectivity index (χ0n) is 19.7. The lowest BCUT2D eigenvalue weighted by Gasteiger charge is -2.29. The molecule has 2 heterocycles. The summed E-state index contributed by atoms with van der Waals surface area (Å²) in [4.78, 5) is 29.0. The smallest absolute Gasteiger partial charge is 0.431 e. The van der Waals surface area contributed by atoms with Crippen molar-refractivity contribution in [1.29, 1.82) is 0 Å². The molecule has 1 unspecified atom stereocenters. The van der Waals surface area contributed by atoms with Gasteiger partial charge in [0.2, 0.25) is 0 Å². The van der Waals surface area contributed by atoms with E-state index in [4.69, 9.17) is 14.2 Å². The molecule has 1 aromatic heterocycles. The number of anilines is 1. The van der Waals surface area contributed by atoms with Crippen LogP contribution in [0.4, 0.5) is 10.5 Å². The quantitative estimate of drug-likeness (QED) is 0.516. The van der Waals surface area contributed by atoms with E-state index in [1.807, 2.05) is 31.2 Å². The van der Waals surface area contributed by atoms with Gasteiger partial charge in [-0.2, -0.15) is 10.1 Å². The van der Waals surface area contributed by atoms with Crippen molar-refractivity contribution in [2.24, 2.45) is 5.10 Å². The van der Waals surface area contributed by atoms with Crippen molar-refractivity contribution in [2.75, 3.05) is 19.5 Å². The maximum Gasteiger partial charge on any atom is 0.431 e. The standard InChI is InChI=1S/C26H26N4O5/c1-4-21-24(18-10-13-22(33-2)23(15-18)34-3)29-30(26(32)35-21)16-17-8-11-19(12-9-17)28-25(31)20-7-5-6-14-27-20/h5-15,21H,4,16H2,1-3H3,(H,28,31). The van der Waals surface area contributed by atoms with Gasteiger partial charge in [0.05, 0.1) is 20.8 Å². The number of nitrogens with one attached hydrogen (secondary N) is 1. The van der Waals surface area contributed by atoms with Crippen LogP contribution in [0.3, 0.4) is 0 Å². The van der Waals surface area contributed by atoms with Crippen molar-refractivity contribution in [3.8, 4) is 11.5 Å². The molecule has 2 aromatic carbocycles. The highest BCUT2D eigenvalue weighted by Gasteiger charge is 2.31. The number of nitrogens with zero attached hydrogens (tertiary/aromatic N) is 3. The summed E-state index contributed by atoms with van der Waals surface area (Å²) >= 11 is 0. The van der Waals surface area contributed by atoms with E-state index in [2.05, 4.69) is 15.4 Å². The molecule has 35 heavy (non-hydrogen) atoms. The highest BCUT2D eigenvalue weighted by molar-refractivity contribution is 6.06. The molecule has 1 atom stereocenters. The first-order chi connectivity index (χ1) is 17.0. The maximum atomic E-state index is 12.6. The number of carbonyl (C=O) groups is 2. The largest absolute Gasteiger partial charge is 0.493 e. The molecule has 0 bridgehead atoms. The molecule has 2 amide bonds. The van der Waals surface area contributed by atoms with Gasteiger partial charge in [-0.1, -0.05) is 25.1 Å². The molecule has 9 heteroatoms. The van der Waals surface area contributed by atoms with E-state index < -0.39 is 12.2 Å². The van der Waals surface area contributed by atoms with Gasteiger partial charge >= 0.3 is 6.09 Å². The topological polar surface area (TPSA) is 102 Å². The molecule has 180 valence electrons. The molecule has 0 aliphatic carbocycles. The fraction of sp³-hybridized carbons (Fsp3) is 0.231. The zero-order valence-corrected chi connectivity index (χ0v) is 19.7. The van der Waals surface area contributed by atoms with Gasteiger partial charge in [0.1, 0.15) is 17.5 Å². The van der Waals surface area contributed by atoms with Crippen molar-refractivity contribution < 1.29 is 23.8 Å². The highest BCUT2D eigenvalue weighted by Crippen LogP contribution is 2.30. The van der Waals surface area contributed by atoms with E-state index in [0.29, 0.717) is 35.0 Å². The summed E-state index contributed by atoms with van der Waals surface area (Å²) in [5.41, 5.74) is 3.18. The van der Waals surface area contributed by atoms with Crippen LogP contribution in [-0.2, 0) is 11.3 Å². The van der Waals surface area contributed by atoms with Gasteiger partial charge in [-0.3, -0.25) is 9.78 Å². The number of hydrogen-bond donors (Lipinski definition) is 1. The predicted molar refractivity (Wildman–Crippen MR) is 131 cm³/mol. The van der Waals surface area contributed by atoms with Crippen LogP contribution in [0.2, 0.25) is 0 Å². The lowest BCUT2D eigenvalue weighted by Crippen LogP contribution is -2.41. The lowest BCUT2D eigenvalue weighted by atomic mass is 10.0. The average Bonchev–Trinajstić information content (AvgIpc) is 2.90. The van der Waals surface area contributed by atoms with E-state index in [9.17, 15) is 9.59 Å². The predicted octanol–water partition coefficient (Wildman–Crippen LogP) is 4.49. The minimum atomic E-state index is -0.520. The summed E-state index contributed by atoms with van der Waals surface area (Å²) in [5, 5.41) is 8.72. The number of pyridine rings is 1. The van der Waals surface area contributed by atoms with Gasteiger partial charge in [-0.15, -0.1) is 0 Å². The van der Waals surface area contributed by atoms with Crippen LogP contribution in [-0.4, -0.2) is 48.0 Å². The van der Waals surface area contributed by atoms with Crippen LogP contribution in [0.15, 0.2) is 72.0 Å². The van der Waals surface area contributed by atoms with Gasteiger partial charge in [0.15, 0.2) is 11.5 Å². The van der Waals surface area contributed by atoms with E-state index >= 15 is 0 Å². The molecule has 1 aliphatic heterocycles. The monoisotopic (exact) mass is 474 g/mol. The van der Waals surface area contributed by atoms with Gasteiger partial charge < -0.3 is 19.5 Å². The van der Waals surface area contributed by atoms with Gasteiger partial charge in [-0.25, -0.2) is 4.79 Å². The Bertz CT molecular complexity index is 1230. The molecule has 1 N–H and O–H groups in total. The van der Waals surface area contributed by atoms with Crippen LogP contribution in [0.25, 0.3) is 0 Å². The Labute approximate surface area is 203 Å². The Morgan fingerprint density at radius 2 is 1.83 bits per heavy atom. The third-order valence-electron chi connectivity index (χ3n) is 5.48. The molecule has 0 radical (unpaired) electrons. The number of carbonyl (C=O) groups excluding carboxylic acids is 2. The molecule has 0 saturated carbocycles. The van der Waals surface area contributed by atoms with Crippen LogP contribution in [0.1, 0.15) is 35.0 Å². The molecule has 0 saturated heterocycles. The van der Waals surface area contributed by atoms with Crippen molar-refractivity contribution in [3.63, 3.8) is 0 Å². The number of aromatic nitrogens is 1. The second-order valence-electron chi connectivity index (χ2n) is 7.76. The zero-order chi connectivity index (χ0) is 24.8. The van der Waals surface area contributed by atoms with E-state index in [0.717, 1.165) is 11.1 Å². The van der Waals surface area contributed by atoms with Gasteiger partial charge in [0.25, 0.3) is 5.91 Å². The van der Waals surface area contributed by atoms with Gasteiger partial charge in [0, 0.05) is 17.4 Å². The van der Waals surface area contributed by atoms with Crippen molar-refractivity contribution >= 4 is 23.4 Å². The van der Waals surface area contributed by atoms with E-state index in [-0.39, 0.29) is 12.5 Å². The molecule has 1 aliphatic rings. The first-order valence-corrected chi connectivity index (χ1v) is 11.1. The summed E-state index contributed by atoms with van der Waals surface area (Å²) in [6, 6.07) is 17.8. The van der Waals surface area contributed by atoms with Crippen molar-refractivity contribution in [2.45, 2.75) is 26.0 Å². The minimum absolute atomic E-state index is 0.209. The summed E-state index contributed by atoms with van der Waals surface area (Å²) in [6.07, 6.45) is 1.15. The molecular weight excluding hydrogens is 448 g/mol. The first kappa shape index (κ1) is 23.7. The Kier molecular flexibility index (Phi) is 7.25. The summed E-state index contributed by atoms with van der Waals surface area (Å²) in [5.74, 6) is 0.867. The molecule has 9 nitrogen and oxygen atoms in total. The molecule has 0 spiro atoms. The number of hydrazone groups is 1. The van der Waals surface area contributed by atoms with Crippen molar-refractivity contribution in [1.82, 2.24) is 9.99 Å². The first-order valence-electron chi connectivity index (χ1n) is 11.1. The van der Waals surface area contributed by atoms with E-state index in [1.54, 1.807) is 56.8 Å². The van der Waals surface area contributed by atoms with E-state index in [1.165, 1.54) is 5.01 Å². The van der Waals surface area contributed by atoms with Crippen LogP contribution >= 0.6 is 0 Å². The number of ether oxygens (including phenoxy) is 3. The van der Waals surface area contributed by atoms with Gasteiger partial charge in [-0.05, 0) is 54.4 Å². The second-order valence-corrected chi connectivity index (χ2v) is 7.76. The van der Waals surface area contributed by atoms with Crippen LogP contribution in [0.5, 0.6) is 11.5 Å². The SMILES string of the molecule is CCC1OC(=O)N(Cc2ccc(NC(=O)c3ccccn3)cc2)N=C1c1ccc(OC)c(OC)c1. The average molecular weight is 475 g/mol. The number of rotatable bonds is 8. The molecule has 0 fully saturated rings. The summed E-state index contributed by atoms with van der Waals surface area (Å²) in [6.45, 7) is 2.14. The molecular formula is C26H26N4O5. The number of benzene rings is 2. The Morgan fingerprint density at radius 1 is 1.06 bits per heavy atom. The number of amides is 2. The Balaban J connectivity index is 1.52. The fourth-order valence-corrected chi connectivity index (χ4v) is 3.65. The van der Waals surface area contributed by atoms with Crippen LogP contribution < -0.4 is 14.8 Å². The Morgan fingerprint density at radius 3 is 2.49 bits per heavy atom. The van der Waals surface area contributed by atoms with Crippen molar-refractivity contribution in [3.05, 3.63) is 83.7 Å². The summed E-state index contributed by atoms with van der Waals surface area (Å²) in [7, 11) is 3.14. The maximum absolute atomic E-state index is 12.6. The summed E-state index contributed by atoms with van der Waals surface area (Å²) < 4.78 is 16.4.